The van der Waals surface area contributed by atoms with E-state index in [1.54, 1.807) is 0 Å². The number of nitrogens with zero attached hydrogens (tertiary/aromatic N) is 2. The van der Waals surface area contributed by atoms with E-state index in [9.17, 15) is 4.79 Å². The molecule has 0 aromatic carbocycles. The molecular formula is C11H17N3O. The Morgan fingerprint density at radius 3 is 3.20 bits per heavy atom. The van der Waals surface area contributed by atoms with Gasteiger partial charge >= 0.3 is 0 Å². The van der Waals surface area contributed by atoms with E-state index in [0.29, 0.717) is 12.5 Å². The van der Waals surface area contributed by atoms with Gasteiger partial charge in [-0.2, -0.15) is 0 Å². The number of aryl methyl sites for hydroxylation is 1. The summed E-state index contributed by atoms with van der Waals surface area (Å²) in [6, 6.07) is 0.310. The molecule has 82 valence electrons. The second kappa shape index (κ2) is 4.47. The molecule has 1 N–H and O–H groups in total. The lowest BCUT2D eigenvalue weighted by atomic mass is 10.1. The lowest BCUT2D eigenvalue weighted by molar-refractivity contribution is -0.119. The highest BCUT2D eigenvalue weighted by molar-refractivity contribution is 5.78. The highest BCUT2D eigenvalue weighted by Gasteiger charge is 2.21. The topological polar surface area (TPSA) is 46.9 Å². The first-order valence-electron chi connectivity index (χ1n) is 5.58. The molecule has 2 heterocycles. The largest absolute Gasteiger partial charge is 0.353 e. The van der Waals surface area contributed by atoms with Crippen molar-refractivity contribution in [3.8, 4) is 0 Å². The molecule has 1 aliphatic rings. The molecule has 2 rings (SSSR count). The van der Waals surface area contributed by atoms with Crippen molar-refractivity contribution >= 4 is 5.91 Å². The summed E-state index contributed by atoms with van der Waals surface area (Å²) in [6.45, 7) is 3.16. The van der Waals surface area contributed by atoms with E-state index >= 15 is 0 Å². The van der Waals surface area contributed by atoms with Crippen LogP contribution in [-0.4, -0.2) is 21.5 Å². The fraction of sp³-hybridized carbons (Fsp3) is 0.636. The maximum atomic E-state index is 11.1. The molecule has 4 heteroatoms. The molecule has 1 atom stereocenters. The van der Waals surface area contributed by atoms with Crippen molar-refractivity contribution < 1.29 is 4.79 Å². The Morgan fingerprint density at radius 2 is 2.53 bits per heavy atom. The SMILES string of the molecule is CCCn1cncc1CC1CCC(=O)N1. The van der Waals surface area contributed by atoms with Gasteiger partial charge in [0.25, 0.3) is 0 Å². The van der Waals surface area contributed by atoms with E-state index in [-0.39, 0.29) is 5.91 Å². The van der Waals surface area contributed by atoms with Crippen molar-refractivity contribution in [1.29, 1.82) is 0 Å². The van der Waals surface area contributed by atoms with Crippen molar-refractivity contribution in [3.05, 3.63) is 18.2 Å². The Balaban J connectivity index is 1.97. The second-order valence-electron chi connectivity index (χ2n) is 4.09. The molecule has 1 unspecified atom stereocenters. The molecule has 1 fully saturated rings. The van der Waals surface area contributed by atoms with Crippen LogP contribution in [0, 0.1) is 0 Å². The Kier molecular flexibility index (Phi) is 3.04. The number of carbonyl (C=O) groups excluding carboxylic acids is 1. The standard InChI is InChI=1S/C11H17N3O/c1-2-5-14-8-12-7-10(14)6-9-3-4-11(15)13-9/h7-9H,2-6H2,1H3,(H,13,15). The smallest absolute Gasteiger partial charge is 0.220 e. The summed E-state index contributed by atoms with van der Waals surface area (Å²) >= 11 is 0. The summed E-state index contributed by atoms with van der Waals surface area (Å²) < 4.78 is 2.17. The number of carbonyl (C=O) groups is 1. The van der Waals surface area contributed by atoms with Gasteiger partial charge in [0.1, 0.15) is 0 Å². The predicted octanol–water partition coefficient (Wildman–Crippen LogP) is 1.11. The third kappa shape index (κ3) is 2.37. The van der Waals surface area contributed by atoms with E-state index in [4.69, 9.17) is 0 Å². The van der Waals surface area contributed by atoms with Gasteiger partial charge in [0.2, 0.25) is 5.91 Å². The van der Waals surface area contributed by atoms with Crippen LogP contribution in [0.1, 0.15) is 31.9 Å². The van der Waals surface area contributed by atoms with Gasteiger partial charge in [-0.15, -0.1) is 0 Å². The molecule has 0 bridgehead atoms. The predicted molar refractivity (Wildman–Crippen MR) is 57.4 cm³/mol. The summed E-state index contributed by atoms with van der Waals surface area (Å²) in [7, 11) is 0. The minimum atomic E-state index is 0.182. The molecule has 0 spiro atoms. The van der Waals surface area contributed by atoms with Crippen molar-refractivity contribution in [2.75, 3.05) is 0 Å². The van der Waals surface area contributed by atoms with E-state index in [1.165, 1.54) is 5.69 Å². The molecule has 1 aromatic rings. The first-order chi connectivity index (χ1) is 7.29. The molecular weight excluding hydrogens is 190 g/mol. The fourth-order valence-corrected chi connectivity index (χ4v) is 2.04. The summed E-state index contributed by atoms with van der Waals surface area (Å²) in [5.41, 5.74) is 1.23. The van der Waals surface area contributed by atoms with Gasteiger partial charge in [0.15, 0.2) is 0 Å². The Hall–Kier alpha value is -1.32. The average Bonchev–Trinajstić information content (AvgIpc) is 2.78. The molecule has 1 amide bonds. The van der Waals surface area contributed by atoms with Gasteiger partial charge in [0.05, 0.1) is 6.33 Å². The van der Waals surface area contributed by atoms with Crippen LogP contribution >= 0.6 is 0 Å². The highest BCUT2D eigenvalue weighted by Crippen LogP contribution is 2.13. The summed E-state index contributed by atoms with van der Waals surface area (Å²) in [4.78, 5) is 15.2. The molecule has 1 aromatic heterocycles. The summed E-state index contributed by atoms with van der Waals surface area (Å²) in [5.74, 6) is 0.182. The first kappa shape index (κ1) is 10.2. The Bertz CT molecular complexity index is 345. The third-order valence-corrected chi connectivity index (χ3v) is 2.80. The number of hydrogen-bond acceptors (Lipinski definition) is 2. The van der Waals surface area contributed by atoms with Gasteiger partial charge in [-0.25, -0.2) is 4.98 Å². The van der Waals surface area contributed by atoms with Gasteiger partial charge in [-0.1, -0.05) is 6.92 Å². The number of imidazole rings is 1. The molecule has 0 radical (unpaired) electrons. The minimum absolute atomic E-state index is 0.182. The van der Waals surface area contributed by atoms with Crippen LogP contribution in [0.15, 0.2) is 12.5 Å². The first-order valence-corrected chi connectivity index (χ1v) is 5.58. The zero-order valence-corrected chi connectivity index (χ0v) is 9.07. The van der Waals surface area contributed by atoms with E-state index in [2.05, 4.69) is 21.8 Å². The van der Waals surface area contributed by atoms with Crippen LogP contribution in [0.3, 0.4) is 0 Å². The van der Waals surface area contributed by atoms with Gasteiger partial charge in [-0.3, -0.25) is 4.79 Å². The maximum absolute atomic E-state index is 11.1. The maximum Gasteiger partial charge on any atom is 0.220 e. The van der Waals surface area contributed by atoms with Gasteiger partial charge < -0.3 is 9.88 Å². The Morgan fingerprint density at radius 1 is 1.67 bits per heavy atom. The lowest BCUT2D eigenvalue weighted by Gasteiger charge is -2.11. The van der Waals surface area contributed by atoms with Crippen LogP contribution < -0.4 is 5.32 Å². The van der Waals surface area contributed by atoms with E-state index < -0.39 is 0 Å². The number of nitrogens with one attached hydrogen (secondary N) is 1. The molecule has 4 nitrogen and oxygen atoms in total. The number of hydrogen-bond donors (Lipinski definition) is 1. The zero-order chi connectivity index (χ0) is 10.7. The second-order valence-corrected chi connectivity index (χ2v) is 4.09. The highest BCUT2D eigenvalue weighted by atomic mass is 16.1. The summed E-state index contributed by atoms with van der Waals surface area (Å²) in [6.07, 6.45) is 7.42. The quantitative estimate of drug-likeness (QED) is 0.804. The fourth-order valence-electron chi connectivity index (χ4n) is 2.04. The molecule has 0 aliphatic carbocycles. The molecule has 1 saturated heterocycles. The average molecular weight is 207 g/mol. The van der Waals surface area contributed by atoms with E-state index in [0.717, 1.165) is 25.8 Å². The minimum Gasteiger partial charge on any atom is -0.353 e. The van der Waals surface area contributed by atoms with Crippen LogP contribution in [0.2, 0.25) is 0 Å². The van der Waals surface area contributed by atoms with Crippen molar-refractivity contribution in [3.63, 3.8) is 0 Å². The Labute approximate surface area is 89.7 Å². The number of rotatable bonds is 4. The number of amides is 1. The van der Waals surface area contributed by atoms with Crippen LogP contribution in [-0.2, 0) is 17.8 Å². The van der Waals surface area contributed by atoms with E-state index in [1.807, 2.05) is 12.5 Å². The third-order valence-electron chi connectivity index (χ3n) is 2.80. The molecule has 15 heavy (non-hydrogen) atoms. The van der Waals surface area contributed by atoms with Gasteiger partial charge in [0, 0.05) is 37.3 Å². The van der Waals surface area contributed by atoms with Crippen LogP contribution in [0.4, 0.5) is 0 Å². The lowest BCUT2D eigenvalue weighted by Crippen LogP contribution is -2.28. The van der Waals surface area contributed by atoms with Crippen LogP contribution in [0.25, 0.3) is 0 Å². The van der Waals surface area contributed by atoms with Crippen molar-refractivity contribution in [1.82, 2.24) is 14.9 Å². The van der Waals surface area contributed by atoms with Crippen LogP contribution in [0.5, 0.6) is 0 Å². The monoisotopic (exact) mass is 207 g/mol. The number of aromatic nitrogens is 2. The zero-order valence-electron chi connectivity index (χ0n) is 9.07. The van der Waals surface area contributed by atoms with Crippen molar-refractivity contribution in [2.24, 2.45) is 0 Å². The molecule has 0 saturated carbocycles. The molecule has 1 aliphatic heterocycles. The summed E-state index contributed by atoms with van der Waals surface area (Å²) in [5, 5.41) is 2.98. The van der Waals surface area contributed by atoms with Crippen molar-refractivity contribution in [2.45, 2.75) is 45.2 Å². The van der Waals surface area contributed by atoms with Gasteiger partial charge in [-0.05, 0) is 12.8 Å². The normalized spacial score (nSPS) is 20.6.